The minimum atomic E-state index is -2.56. The van der Waals surface area contributed by atoms with Gasteiger partial charge in [0, 0.05) is 0 Å². The zero-order valence-electron chi connectivity index (χ0n) is 8.85. The van der Waals surface area contributed by atoms with Gasteiger partial charge in [0.25, 0.3) is 0 Å². The molecule has 0 aliphatic rings. The first-order chi connectivity index (χ1) is 8.16. The maximum absolute atomic E-state index is 5.76. The largest absolute Gasteiger partial charge is 0.615 e. The highest BCUT2D eigenvalue weighted by Gasteiger charge is 2.36. The first-order valence-corrected chi connectivity index (χ1v) is 11.3. The van der Waals surface area contributed by atoms with E-state index < -0.39 is 5.80 Å². The SMILES string of the molecule is Br[Si](Br)(Oc1ccccc1)Oc1ccccc1. The van der Waals surface area contributed by atoms with Crippen LogP contribution in [0.25, 0.3) is 0 Å². The lowest BCUT2D eigenvalue weighted by Gasteiger charge is -2.20. The molecule has 0 amide bonds. The van der Waals surface area contributed by atoms with Gasteiger partial charge in [0.2, 0.25) is 0 Å². The summed E-state index contributed by atoms with van der Waals surface area (Å²) >= 11 is 6.93. The van der Waals surface area contributed by atoms with E-state index in [9.17, 15) is 0 Å². The smallest absolute Gasteiger partial charge is 0.497 e. The summed E-state index contributed by atoms with van der Waals surface area (Å²) in [5.41, 5.74) is 0. The molecule has 0 unspecified atom stereocenters. The van der Waals surface area contributed by atoms with E-state index in [0.717, 1.165) is 11.5 Å². The summed E-state index contributed by atoms with van der Waals surface area (Å²) in [5.74, 6) is -1.03. The fourth-order valence-electron chi connectivity index (χ4n) is 1.27. The molecule has 5 heteroatoms. The van der Waals surface area contributed by atoms with Crippen LogP contribution in [0, 0.1) is 0 Å². The molecule has 0 saturated heterocycles. The van der Waals surface area contributed by atoms with Crippen molar-refractivity contribution in [3.05, 3.63) is 60.7 Å². The maximum Gasteiger partial charge on any atom is 0.615 e. The highest BCUT2D eigenvalue weighted by molar-refractivity contribution is 9.50. The van der Waals surface area contributed by atoms with Crippen molar-refractivity contribution in [1.82, 2.24) is 0 Å². The highest BCUT2D eigenvalue weighted by Crippen LogP contribution is 2.28. The molecule has 0 aliphatic heterocycles. The van der Waals surface area contributed by atoms with Crippen LogP contribution in [0.1, 0.15) is 0 Å². The first-order valence-electron chi connectivity index (χ1n) is 5.02. The molecule has 0 spiro atoms. The predicted molar refractivity (Wildman–Crippen MR) is 77.7 cm³/mol. The Morgan fingerprint density at radius 3 is 1.35 bits per heavy atom. The minimum Gasteiger partial charge on any atom is -0.497 e. The molecule has 2 aromatic carbocycles. The molecule has 0 saturated carbocycles. The molecular weight excluding hydrogens is 364 g/mol. The lowest BCUT2D eigenvalue weighted by atomic mass is 10.3. The van der Waals surface area contributed by atoms with Gasteiger partial charge in [-0.25, -0.2) is 0 Å². The summed E-state index contributed by atoms with van der Waals surface area (Å²) in [4.78, 5) is 0. The third-order valence-corrected chi connectivity index (χ3v) is 4.85. The number of para-hydroxylation sites is 2. The van der Waals surface area contributed by atoms with Gasteiger partial charge >= 0.3 is 5.80 Å². The minimum absolute atomic E-state index is 0.767. The van der Waals surface area contributed by atoms with E-state index in [-0.39, 0.29) is 0 Å². The summed E-state index contributed by atoms with van der Waals surface area (Å²) < 4.78 is 11.5. The first kappa shape index (κ1) is 12.7. The van der Waals surface area contributed by atoms with Crippen molar-refractivity contribution in [3.8, 4) is 11.5 Å². The van der Waals surface area contributed by atoms with E-state index in [2.05, 4.69) is 30.6 Å². The average molecular weight is 374 g/mol. The van der Waals surface area contributed by atoms with Crippen LogP contribution in [0.2, 0.25) is 0 Å². The number of benzene rings is 2. The second-order valence-electron chi connectivity index (χ2n) is 3.29. The molecule has 0 heterocycles. The van der Waals surface area contributed by atoms with Crippen molar-refractivity contribution < 1.29 is 8.85 Å². The van der Waals surface area contributed by atoms with Gasteiger partial charge in [-0.1, -0.05) is 36.4 Å². The van der Waals surface area contributed by atoms with Gasteiger partial charge in [-0.3, -0.25) is 0 Å². The van der Waals surface area contributed by atoms with E-state index in [0.29, 0.717) is 0 Å². The summed E-state index contributed by atoms with van der Waals surface area (Å²) in [5, 5.41) is 0. The van der Waals surface area contributed by atoms with Crippen LogP contribution >= 0.6 is 30.6 Å². The van der Waals surface area contributed by atoms with Gasteiger partial charge in [-0.15, -0.1) is 0 Å². The van der Waals surface area contributed by atoms with Crippen LogP contribution in [-0.4, -0.2) is 5.80 Å². The predicted octanol–water partition coefficient (Wildman–Crippen LogP) is 4.37. The fourth-order valence-corrected chi connectivity index (χ4v) is 4.38. The van der Waals surface area contributed by atoms with E-state index in [1.54, 1.807) is 0 Å². The van der Waals surface area contributed by atoms with Crippen LogP contribution in [0.5, 0.6) is 11.5 Å². The Labute approximate surface area is 117 Å². The molecule has 0 N–H and O–H groups in total. The molecule has 0 radical (unpaired) electrons. The van der Waals surface area contributed by atoms with Crippen LogP contribution in [0.15, 0.2) is 60.7 Å². The van der Waals surface area contributed by atoms with Crippen molar-refractivity contribution in [2.24, 2.45) is 0 Å². The standard InChI is InChI=1S/C12H10Br2O2Si/c13-17(14,15-11-7-3-1-4-8-11)16-12-9-5-2-6-10-12/h1-10H. The van der Waals surface area contributed by atoms with Crippen molar-refractivity contribution >= 4 is 36.4 Å². The molecule has 0 fully saturated rings. The molecule has 88 valence electrons. The van der Waals surface area contributed by atoms with E-state index >= 15 is 0 Å². The van der Waals surface area contributed by atoms with Gasteiger partial charge in [0.05, 0.1) is 0 Å². The Kier molecular flexibility index (Phi) is 4.25. The van der Waals surface area contributed by atoms with Crippen molar-refractivity contribution in [3.63, 3.8) is 0 Å². The lowest BCUT2D eigenvalue weighted by Crippen LogP contribution is -2.35. The normalized spacial score (nSPS) is 10.9. The summed E-state index contributed by atoms with van der Waals surface area (Å²) in [6.45, 7) is 0. The number of hydrogen-bond acceptors (Lipinski definition) is 2. The highest BCUT2D eigenvalue weighted by atomic mass is 79.9. The molecule has 2 aromatic rings. The van der Waals surface area contributed by atoms with Crippen LogP contribution < -0.4 is 8.85 Å². The molecule has 0 bridgehead atoms. The molecular formula is C12H10Br2O2Si. The summed E-state index contributed by atoms with van der Waals surface area (Å²) in [7, 11) is 0. The number of rotatable bonds is 4. The average Bonchev–Trinajstić information content (AvgIpc) is 2.30. The molecule has 17 heavy (non-hydrogen) atoms. The topological polar surface area (TPSA) is 18.5 Å². The second-order valence-corrected chi connectivity index (χ2v) is 14.1. The molecule has 2 nitrogen and oxygen atoms in total. The van der Waals surface area contributed by atoms with Gasteiger partial charge in [0.15, 0.2) is 0 Å². The molecule has 0 aliphatic carbocycles. The van der Waals surface area contributed by atoms with Gasteiger partial charge in [-0.05, 0) is 54.9 Å². The van der Waals surface area contributed by atoms with Crippen molar-refractivity contribution in [1.29, 1.82) is 0 Å². The van der Waals surface area contributed by atoms with Crippen molar-refractivity contribution in [2.45, 2.75) is 0 Å². The Morgan fingerprint density at radius 2 is 1.00 bits per heavy atom. The molecule has 0 aromatic heterocycles. The molecule has 0 atom stereocenters. The zero-order valence-corrected chi connectivity index (χ0v) is 13.0. The third-order valence-electron chi connectivity index (χ3n) is 1.96. The van der Waals surface area contributed by atoms with E-state index in [1.807, 2.05) is 60.7 Å². The Balaban J connectivity index is 2.04. The van der Waals surface area contributed by atoms with Gasteiger partial charge in [-0.2, -0.15) is 0 Å². The van der Waals surface area contributed by atoms with Crippen molar-refractivity contribution in [2.75, 3.05) is 0 Å². The van der Waals surface area contributed by atoms with E-state index in [4.69, 9.17) is 8.85 Å². The summed E-state index contributed by atoms with van der Waals surface area (Å²) in [6.07, 6.45) is 0. The van der Waals surface area contributed by atoms with Crippen LogP contribution in [-0.2, 0) is 0 Å². The Bertz CT molecular complexity index is 419. The van der Waals surface area contributed by atoms with Crippen LogP contribution in [0.4, 0.5) is 0 Å². The maximum atomic E-state index is 5.76. The monoisotopic (exact) mass is 372 g/mol. The van der Waals surface area contributed by atoms with E-state index in [1.165, 1.54) is 0 Å². The fraction of sp³-hybridized carbons (Fsp3) is 0. The third kappa shape index (κ3) is 4.18. The van der Waals surface area contributed by atoms with Crippen LogP contribution in [0.3, 0.4) is 0 Å². The summed E-state index contributed by atoms with van der Waals surface area (Å²) in [6, 6.07) is 19.1. The number of halogens is 2. The van der Waals surface area contributed by atoms with Gasteiger partial charge in [0.1, 0.15) is 11.5 Å². The quantitative estimate of drug-likeness (QED) is 0.585. The Morgan fingerprint density at radius 1 is 0.647 bits per heavy atom. The Hall–Kier alpha value is -0.783. The zero-order chi connectivity index (χ0) is 12.1. The van der Waals surface area contributed by atoms with Gasteiger partial charge < -0.3 is 8.85 Å². The second kappa shape index (κ2) is 5.71. The molecule has 2 rings (SSSR count). The number of hydrogen-bond donors (Lipinski definition) is 0. The lowest BCUT2D eigenvalue weighted by molar-refractivity contribution is 0.445.